The van der Waals surface area contributed by atoms with E-state index in [0.29, 0.717) is 12.2 Å². The van der Waals surface area contributed by atoms with E-state index in [-0.39, 0.29) is 17.8 Å². The molecule has 4 heteroatoms. The maximum atomic E-state index is 13.0. The number of hydrogen-bond acceptors (Lipinski definition) is 2. The van der Waals surface area contributed by atoms with Gasteiger partial charge in [0.2, 0.25) is 0 Å². The van der Waals surface area contributed by atoms with E-state index in [1.165, 1.54) is 12.1 Å². The molecule has 0 bridgehead atoms. The minimum atomic E-state index is -0.229. The lowest BCUT2D eigenvalue weighted by Crippen LogP contribution is -2.36. The van der Waals surface area contributed by atoms with E-state index in [1.807, 2.05) is 6.92 Å². The molecule has 92 valence electrons. The number of benzene rings is 1. The molecule has 1 aromatic rings. The van der Waals surface area contributed by atoms with Crippen molar-refractivity contribution in [2.75, 3.05) is 5.32 Å². The fourth-order valence-corrected chi connectivity index (χ4v) is 2.83. The van der Waals surface area contributed by atoms with Crippen LogP contribution in [0, 0.1) is 15.3 Å². The van der Waals surface area contributed by atoms with Crippen LogP contribution in [0.3, 0.4) is 0 Å². The monoisotopic (exact) mass is 347 g/mol. The highest BCUT2D eigenvalue weighted by Crippen LogP contribution is 2.27. The summed E-state index contributed by atoms with van der Waals surface area (Å²) in [6.45, 7) is 1.97. The first kappa shape index (κ1) is 12.8. The summed E-state index contributed by atoms with van der Waals surface area (Å²) < 4.78 is 13.8. The van der Waals surface area contributed by atoms with Gasteiger partial charge >= 0.3 is 0 Å². The molecule has 0 spiro atoms. The zero-order valence-corrected chi connectivity index (χ0v) is 11.8. The maximum Gasteiger partial charge on any atom is 0.137 e. The van der Waals surface area contributed by atoms with Gasteiger partial charge in [0.15, 0.2) is 0 Å². The van der Waals surface area contributed by atoms with Crippen molar-refractivity contribution in [2.24, 2.45) is 5.92 Å². The first-order valence-corrected chi connectivity index (χ1v) is 6.90. The van der Waals surface area contributed by atoms with Crippen molar-refractivity contribution in [3.8, 4) is 0 Å². The van der Waals surface area contributed by atoms with Gasteiger partial charge in [-0.05, 0) is 53.6 Å². The van der Waals surface area contributed by atoms with Crippen molar-refractivity contribution in [3.05, 3.63) is 27.6 Å². The quantitative estimate of drug-likeness (QED) is 0.829. The van der Waals surface area contributed by atoms with Crippen LogP contribution in [0.1, 0.15) is 26.2 Å². The number of ketones is 1. The Hall–Kier alpha value is -0.650. The van der Waals surface area contributed by atoms with E-state index in [4.69, 9.17) is 0 Å². The molecule has 0 aliphatic heterocycles. The number of nitrogens with one attached hydrogen (secondary N) is 1. The summed E-state index contributed by atoms with van der Waals surface area (Å²) in [5.74, 6) is 0.142. The van der Waals surface area contributed by atoms with Crippen LogP contribution in [0.2, 0.25) is 0 Å². The lowest BCUT2D eigenvalue weighted by Gasteiger charge is -2.29. The van der Waals surface area contributed by atoms with Crippen molar-refractivity contribution < 1.29 is 9.18 Å². The summed E-state index contributed by atoms with van der Waals surface area (Å²) >= 11 is 2.11. The highest BCUT2D eigenvalue weighted by Gasteiger charge is 2.28. The smallest absolute Gasteiger partial charge is 0.137 e. The van der Waals surface area contributed by atoms with Crippen LogP contribution in [0.15, 0.2) is 18.2 Å². The minimum Gasteiger partial charge on any atom is -0.381 e. The van der Waals surface area contributed by atoms with Crippen molar-refractivity contribution in [1.82, 2.24) is 0 Å². The Kier molecular flexibility index (Phi) is 4.01. The Morgan fingerprint density at radius 2 is 2.24 bits per heavy atom. The molecule has 0 amide bonds. The summed E-state index contributed by atoms with van der Waals surface area (Å²) in [5.41, 5.74) is 0.915. The Labute approximate surface area is 114 Å². The molecule has 1 aliphatic carbocycles. The molecule has 1 aromatic carbocycles. The number of rotatable bonds is 2. The van der Waals surface area contributed by atoms with E-state index in [1.54, 1.807) is 6.07 Å². The SMILES string of the molecule is CC1C(=O)CCCC1Nc1ccc(F)cc1I. The number of hydrogen-bond donors (Lipinski definition) is 1. The molecule has 2 atom stereocenters. The number of halogens is 2. The molecule has 2 nitrogen and oxygen atoms in total. The molecular weight excluding hydrogens is 332 g/mol. The van der Waals surface area contributed by atoms with Crippen LogP contribution < -0.4 is 5.32 Å². The second-order valence-corrected chi connectivity index (χ2v) is 5.68. The van der Waals surface area contributed by atoms with E-state index in [0.717, 1.165) is 22.1 Å². The van der Waals surface area contributed by atoms with Gasteiger partial charge in [0.1, 0.15) is 11.6 Å². The average molecular weight is 347 g/mol. The molecule has 1 fully saturated rings. The molecule has 17 heavy (non-hydrogen) atoms. The lowest BCUT2D eigenvalue weighted by molar-refractivity contribution is -0.124. The maximum absolute atomic E-state index is 13.0. The molecule has 2 unspecified atom stereocenters. The summed E-state index contributed by atoms with van der Waals surface area (Å²) in [6, 6.07) is 4.86. The van der Waals surface area contributed by atoms with Crippen molar-refractivity contribution in [3.63, 3.8) is 0 Å². The second-order valence-electron chi connectivity index (χ2n) is 4.52. The van der Waals surface area contributed by atoms with Gasteiger partial charge in [-0.2, -0.15) is 0 Å². The highest BCUT2D eigenvalue weighted by molar-refractivity contribution is 14.1. The summed E-state index contributed by atoms with van der Waals surface area (Å²) in [4.78, 5) is 11.6. The third kappa shape index (κ3) is 2.97. The van der Waals surface area contributed by atoms with E-state index in [9.17, 15) is 9.18 Å². The molecule has 0 aromatic heterocycles. The first-order valence-electron chi connectivity index (χ1n) is 5.82. The van der Waals surface area contributed by atoms with E-state index < -0.39 is 0 Å². The van der Waals surface area contributed by atoms with Gasteiger partial charge in [0, 0.05) is 27.6 Å². The Morgan fingerprint density at radius 1 is 1.47 bits per heavy atom. The molecule has 1 saturated carbocycles. The summed E-state index contributed by atoms with van der Waals surface area (Å²) in [5, 5.41) is 3.36. The van der Waals surface area contributed by atoms with Crippen LogP contribution >= 0.6 is 22.6 Å². The molecular formula is C13H15FINO. The fourth-order valence-electron chi connectivity index (χ4n) is 2.20. The molecule has 0 saturated heterocycles. The molecule has 0 heterocycles. The number of Topliss-reactive ketones (excluding diaryl/α,β-unsaturated/α-hetero) is 1. The highest BCUT2D eigenvalue weighted by atomic mass is 127. The zero-order valence-electron chi connectivity index (χ0n) is 9.67. The van der Waals surface area contributed by atoms with Gasteiger partial charge in [-0.25, -0.2) is 4.39 Å². The van der Waals surface area contributed by atoms with Crippen molar-refractivity contribution in [1.29, 1.82) is 0 Å². The van der Waals surface area contributed by atoms with Gasteiger partial charge in [0.25, 0.3) is 0 Å². The Balaban J connectivity index is 2.12. The van der Waals surface area contributed by atoms with Crippen LogP contribution in [-0.4, -0.2) is 11.8 Å². The Morgan fingerprint density at radius 3 is 2.94 bits per heavy atom. The third-order valence-electron chi connectivity index (χ3n) is 3.32. The van der Waals surface area contributed by atoms with Crippen LogP contribution in [-0.2, 0) is 4.79 Å². The molecule has 2 rings (SSSR count). The van der Waals surface area contributed by atoms with Crippen LogP contribution in [0.4, 0.5) is 10.1 Å². The molecule has 0 radical (unpaired) electrons. The van der Waals surface area contributed by atoms with Crippen LogP contribution in [0.5, 0.6) is 0 Å². The van der Waals surface area contributed by atoms with Gasteiger partial charge in [-0.3, -0.25) is 4.79 Å². The fraction of sp³-hybridized carbons (Fsp3) is 0.462. The second kappa shape index (κ2) is 5.33. The number of carbonyl (C=O) groups is 1. The third-order valence-corrected chi connectivity index (χ3v) is 4.21. The van der Waals surface area contributed by atoms with Gasteiger partial charge in [-0.15, -0.1) is 0 Å². The number of anilines is 1. The van der Waals surface area contributed by atoms with Gasteiger partial charge in [-0.1, -0.05) is 6.92 Å². The predicted octanol–water partition coefficient (Wildman–Crippen LogP) is 3.60. The first-order chi connectivity index (χ1) is 8.08. The van der Waals surface area contributed by atoms with Gasteiger partial charge in [0.05, 0.1) is 0 Å². The van der Waals surface area contributed by atoms with Crippen molar-refractivity contribution in [2.45, 2.75) is 32.2 Å². The summed E-state index contributed by atoms with van der Waals surface area (Å²) in [7, 11) is 0. The van der Waals surface area contributed by atoms with Crippen molar-refractivity contribution >= 4 is 34.1 Å². The van der Waals surface area contributed by atoms with E-state index >= 15 is 0 Å². The average Bonchev–Trinajstić information content (AvgIpc) is 2.28. The van der Waals surface area contributed by atoms with Gasteiger partial charge < -0.3 is 5.32 Å². The standard InChI is InChI=1S/C13H15FINO/c1-8-11(3-2-4-13(8)17)16-12-6-5-9(14)7-10(12)15/h5-8,11,16H,2-4H2,1H3. The zero-order chi connectivity index (χ0) is 12.4. The molecule has 1 N–H and O–H groups in total. The van der Waals surface area contributed by atoms with E-state index in [2.05, 4.69) is 27.9 Å². The largest absolute Gasteiger partial charge is 0.381 e. The Bertz CT molecular complexity index is 435. The predicted molar refractivity (Wildman–Crippen MR) is 74.5 cm³/mol. The summed E-state index contributed by atoms with van der Waals surface area (Å²) in [6.07, 6.45) is 2.64. The number of carbonyl (C=O) groups excluding carboxylic acids is 1. The van der Waals surface area contributed by atoms with Crippen LogP contribution in [0.25, 0.3) is 0 Å². The normalized spacial score (nSPS) is 24.8. The minimum absolute atomic E-state index is 0.0459. The molecule has 1 aliphatic rings. The topological polar surface area (TPSA) is 29.1 Å². The lowest BCUT2D eigenvalue weighted by atomic mass is 9.84.